The summed E-state index contributed by atoms with van der Waals surface area (Å²) in [6.07, 6.45) is -0.204. The highest BCUT2D eigenvalue weighted by molar-refractivity contribution is 5.79. The smallest absolute Gasteiger partial charge is 0.191 e. The molecule has 2 aromatic carbocycles. The number of aliphatic imine (C=N–C) groups is 1. The van der Waals surface area contributed by atoms with Gasteiger partial charge in [0.2, 0.25) is 0 Å². The number of methoxy groups -OCH3 is 1. The Labute approximate surface area is 154 Å². The Bertz CT molecular complexity index is 704. The van der Waals surface area contributed by atoms with E-state index in [4.69, 9.17) is 9.47 Å². The van der Waals surface area contributed by atoms with Crippen LogP contribution in [0.2, 0.25) is 0 Å². The average Bonchev–Trinajstić information content (AvgIpc) is 2.67. The summed E-state index contributed by atoms with van der Waals surface area (Å²) in [4.78, 5) is 4.23. The first kappa shape index (κ1) is 19.7. The van der Waals surface area contributed by atoms with Gasteiger partial charge in [0.05, 0.1) is 12.7 Å². The monoisotopic (exact) mass is 359 g/mol. The number of hydrogen-bond donors (Lipinski definition) is 2. The lowest BCUT2D eigenvalue weighted by atomic mass is 10.1. The Morgan fingerprint density at radius 3 is 2.50 bits per heavy atom. The summed E-state index contributed by atoms with van der Waals surface area (Å²) >= 11 is 0. The fourth-order valence-electron chi connectivity index (χ4n) is 2.55. The predicted octanol–water partition coefficient (Wildman–Crippen LogP) is 3.28. The largest absolute Gasteiger partial charge is 0.494 e. The summed E-state index contributed by atoms with van der Waals surface area (Å²) in [5.74, 6) is 1.25. The number of benzene rings is 2. The van der Waals surface area contributed by atoms with Crippen LogP contribution < -0.4 is 15.4 Å². The maximum atomic E-state index is 13.1. The number of nitrogens with one attached hydrogen (secondary N) is 2. The quantitative estimate of drug-likeness (QED) is 0.561. The molecule has 0 spiro atoms. The van der Waals surface area contributed by atoms with E-state index in [2.05, 4.69) is 15.6 Å². The topological polar surface area (TPSA) is 54.9 Å². The molecular weight excluding hydrogens is 333 g/mol. The lowest BCUT2D eigenvalue weighted by molar-refractivity contribution is 0.106. The molecule has 2 rings (SSSR count). The van der Waals surface area contributed by atoms with Crippen LogP contribution in [0.3, 0.4) is 0 Å². The molecule has 0 aliphatic rings. The van der Waals surface area contributed by atoms with Gasteiger partial charge < -0.3 is 20.1 Å². The summed E-state index contributed by atoms with van der Waals surface area (Å²) in [7, 11) is 3.34. The summed E-state index contributed by atoms with van der Waals surface area (Å²) in [6, 6.07) is 14.2. The number of rotatable bonds is 8. The van der Waals surface area contributed by atoms with E-state index in [9.17, 15) is 4.39 Å². The van der Waals surface area contributed by atoms with Gasteiger partial charge in [-0.05, 0) is 30.7 Å². The second kappa shape index (κ2) is 10.4. The number of guanidine groups is 1. The minimum absolute atomic E-state index is 0.204. The number of halogens is 1. The molecule has 5 nitrogen and oxygen atoms in total. The van der Waals surface area contributed by atoms with E-state index in [-0.39, 0.29) is 11.9 Å². The molecule has 0 aliphatic carbocycles. The van der Waals surface area contributed by atoms with Crippen molar-refractivity contribution in [1.29, 1.82) is 0 Å². The van der Waals surface area contributed by atoms with Crippen LogP contribution in [0.4, 0.5) is 4.39 Å². The van der Waals surface area contributed by atoms with Crippen LogP contribution in [0.25, 0.3) is 0 Å². The van der Waals surface area contributed by atoms with Crippen molar-refractivity contribution in [3.63, 3.8) is 0 Å². The third-order valence-corrected chi connectivity index (χ3v) is 3.92. The van der Waals surface area contributed by atoms with Crippen molar-refractivity contribution in [2.45, 2.75) is 19.6 Å². The normalized spacial score (nSPS) is 12.5. The van der Waals surface area contributed by atoms with Crippen molar-refractivity contribution >= 4 is 5.96 Å². The standard InChI is InChI=1S/C20H26FN3O2/c1-4-26-18-8-6-5-7-16(18)13-23-20(22-2)24-14-19(25-3)15-9-11-17(21)12-10-15/h5-12,19H,4,13-14H2,1-3H3,(H2,22,23,24). The highest BCUT2D eigenvalue weighted by atomic mass is 19.1. The Balaban J connectivity index is 1.92. The molecule has 6 heteroatoms. The second-order valence-corrected chi connectivity index (χ2v) is 5.62. The first-order chi connectivity index (χ1) is 12.7. The molecule has 0 radical (unpaired) electrons. The fourth-order valence-corrected chi connectivity index (χ4v) is 2.55. The van der Waals surface area contributed by atoms with Crippen LogP contribution in [0.1, 0.15) is 24.2 Å². The van der Waals surface area contributed by atoms with Crippen molar-refractivity contribution < 1.29 is 13.9 Å². The third kappa shape index (κ3) is 5.74. The lowest BCUT2D eigenvalue weighted by Crippen LogP contribution is -2.39. The molecule has 0 aromatic heterocycles. The van der Waals surface area contributed by atoms with Crippen molar-refractivity contribution in [3.8, 4) is 5.75 Å². The minimum Gasteiger partial charge on any atom is -0.494 e. The van der Waals surface area contributed by atoms with Gasteiger partial charge in [-0.1, -0.05) is 30.3 Å². The zero-order chi connectivity index (χ0) is 18.8. The van der Waals surface area contributed by atoms with Gasteiger partial charge in [-0.2, -0.15) is 0 Å². The van der Waals surface area contributed by atoms with Crippen LogP contribution in [0.15, 0.2) is 53.5 Å². The van der Waals surface area contributed by atoms with E-state index >= 15 is 0 Å². The SMILES string of the molecule is CCOc1ccccc1CNC(=NC)NCC(OC)c1ccc(F)cc1. The molecule has 0 aliphatic heterocycles. The average molecular weight is 359 g/mol. The predicted molar refractivity (Wildman–Crippen MR) is 102 cm³/mol. The first-order valence-electron chi connectivity index (χ1n) is 8.61. The Kier molecular flexibility index (Phi) is 7.89. The molecule has 0 heterocycles. The van der Waals surface area contributed by atoms with Crippen LogP contribution in [-0.2, 0) is 11.3 Å². The molecule has 0 saturated heterocycles. The zero-order valence-electron chi connectivity index (χ0n) is 15.5. The van der Waals surface area contributed by atoms with Gasteiger partial charge in [0.1, 0.15) is 11.6 Å². The highest BCUT2D eigenvalue weighted by Gasteiger charge is 2.12. The van der Waals surface area contributed by atoms with E-state index in [0.717, 1.165) is 16.9 Å². The van der Waals surface area contributed by atoms with E-state index in [0.29, 0.717) is 25.7 Å². The van der Waals surface area contributed by atoms with Gasteiger partial charge in [0.25, 0.3) is 0 Å². The molecule has 1 unspecified atom stereocenters. The van der Waals surface area contributed by atoms with Gasteiger partial charge >= 0.3 is 0 Å². The van der Waals surface area contributed by atoms with Crippen LogP contribution in [0, 0.1) is 5.82 Å². The van der Waals surface area contributed by atoms with Crippen LogP contribution >= 0.6 is 0 Å². The molecule has 0 saturated carbocycles. The second-order valence-electron chi connectivity index (χ2n) is 5.62. The molecule has 1 atom stereocenters. The number of para-hydroxylation sites is 1. The van der Waals surface area contributed by atoms with Crippen LogP contribution in [0.5, 0.6) is 5.75 Å². The molecular formula is C20H26FN3O2. The molecule has 140 valence electrons. The summed E-state index contributed by atoms with van der Waals surface area (Å²) < 4.78 is 24.2. The lowest BCUT2D eigenvalue weighted by Gasteiger charge is -2.19. The molecule has 0 bridgehead atoms. The van der Waals surface area contributed by atoms with Crippen molar-refractivity contribution in [1.82, 2.24) is 10.6 Å². The summed E-state index contributed by atoms with van der Waals surface area (Å²) in [5, 5.41) is 6.50. The molecule has 26 heavy (non-hydrogen) atoms. The molecule has 2 N–H and O–H groups in total. The zero-order valence-corrected chi connectivity index (χ0v) is 15.5. The molecule has 2 aromatic rings. The number of hydrogen-bond acceptors (Lipinski definition) is 3. The summed E-state index contributed by atoms with van der Waals surface area (Å²) in [5.41, 5.74) is 1.96. The van der Waals surface area contributed by atoms with E-state index in [1.165, 1.54) is 12.1 Å². The minimum atomic E-state index is -0.262. The van der Waals surface area contributed by atoms with Gasteiger partial charge in [-0.25, -0.2) is 4.39 Å². The number of ether oxygens (including phenoxy) is 2. The van der Waals surface area contributed by atoms with Crippen molar-refractivity contribution in [2.24, 2.45) is 4.99 Å². The molecule has 0 amide bonds. The third-order valence-electron chi connectivity index (χ3n) is 3.92. The van der Waals surface area contributed by atoms with Crippen molar-refractivity contribution in [2.75, 3.05) is 27.3 Å². The van der Waals surface area contributed by atoms with Crippen molar-refractivity contribution in [3.05, 3.63) is 65.5 Å². The van der Waals surface area contributed by atoms with Gasteiger partial charge in [-0.3, -0.25) is 4.99 Å². The molecule has 0 fully saturated rings. The fraction of sp³-hybridized carbons (Fsp3) is 0.350. The van der Waals surface area contributed by atoms with Gasteiger partial charge in [0.15, 0.2) is 5.96 Å². The maximum Gasteiger partial charge on any atom is 0.191 e. The Morgan fingerprint density at radius 2 is 1.85 bits per heavy atom. The van der Waals surface area contributed by atoms with Gasteiger partial charge in [-0.15, -0.1) is 0 Å². The van der Waals surface area contributed by atoms with E-state index in [1.54, 1.807) is 26.3 Å². The van der Waals surface area contributed by atoms with E-state index in [1.807, 2.05) is 31.2 Å². The maximum absolute atomic E-state index is 13.1. The summed E-state index contributed by atoms with van der Waals surface area (Å²) in [6.45, 7) is 3.68. The van der Waals surface area contributed by atoms with E-state index < -0.39 is 0 Å². The number of nitrogens with zero attached hydrogens (tertiary/aromatic N) is 1. The van der Waals surface area contributed by atoms with Gasteiger partial charge in [0, 0.05) is 32.8 Å². The Hall–Kier alpha value is -2.60. The first-order valence-corrected chi connectivity index (χ1v) is 8.61. The Morgan fingerprint density at radius 1 is 1.12 bits per heavy atom. The van der Waals surface area contributed by atoms with Crippen LogP contribution in [-0.4, -0.2) is 33.3 Å². The highest BCUT2D eigenvalue weighted by Crippen LogP contribution is 2.18.